The van der Waals surface area contributed by atoms with Crippen LogP contribution in [0.2, 0.25) is 5.02 Å². The molecule has 1 atom stereocenters. The molecule has 0 spiro atoms. The van der Waals surface area contributed by atoms with Gasteiger partial charge >= 0.3 is 0 Å². The summed E-state index contributed by atoms with van der Waals surface area (Å²) in [6.45, 7) is 0.155. The third-order valence-electron chi connectivity index (χ3n) is 6.57. The van der Waals surface area contributed by atoms with Crippen molar-refractivity contribution in [3.05, 3.63) is 106 Å². The molecule has 3 aromatic carbocycles. The fraction of sp³-hybridized carbons (Fsp3) is 0.310. The maximum atomic E-state index is 14.4. The highest BCUT2D eigenvalue weighted by Crippen LogP contribution is 2.23. The molecule has 6 heteroatoms. The predicted molar refractivity (Wildman–Crippen MR) is 136 cm³/mol. The van der Waals surface area contributed by atoms with E-state index in [1.165, 1.54) is 6.07 Å². The molecule has 4 rings (SSSR count). The standard InChI is InChI=1S/C29H30ClFN2O2/c30-25-16-8-4-13-23(25)20-33(28(34)19-22-12-5-9-17-26(22)31)27(18-21-10-2-1-3-11-21)29(35)32-24-14-6-7-15-24/h1-5,8-13,16-17,24,27H,6-7,14-15,18-20H2,(H,32,35). The van der Waals surface area contributed by atoms with Crippen LogP contribution in [0.1, 0.15) is 42.4 Å². The molecule has 2 amide bonds. The Balaban J connectivity index is 1.68. The Bertz CT molecular complexity index is 1150. The van der Waals surface area contributed by atoms with E-state index in [-0.39, 0.29) is 30.8 Å². The second kappa shape index (κ2) is 12.0. The van der Waals surface area contributed by atoms with Crippen molar-refractivity contribution in [3.8, 4) is 0 Å². The molecule has 35 heavy (non-hydrogen) atoms. The van der Waals surface area contributed by atoms with Crippen LogP contribution in [-0.4, -0.2) is 28.8 Å². The molecule has 1 fully saturated rings. The van der Waals surface area contributed by atoms with Gasteiger partial charge in [-0.05, 0) is 41.7 Å². The van der Waals surface area contributed by atoms with E-state index in [4.69, 9.17) is 11.6 Å². The monoisotopic (exact) mass is 492 g/mol. The largest absolute Gasteiger partial charge is 0.352 e. The lowest BCUT2D eigenvalue weighted by Gasteiger charge is -2.32. The highest BCUT2D eigenvalue weighted by Gasteiger charge is 2.32. The van der Waals surface area contributed by atoms with Gasteiger partial charge in [-0.15, -0.1) is 0 Å². The van der Waals surface area contributed by atoms with E-state index >= 15 is 0 Å². The van der Waals surface area contributed by atoms with Crippen LogP contribution in [0.15, 0.2) is 78.9 Å². The first-order valence-corrected chi connectivity index (χ1v) is 12.5. The van der Waals surface area contributed by atoms with Gasteiger partial charge in [-0.2, -0.15) is 0 Å². The number of hydrogen-bond acceptors (Lipinski definition) is 2. The van der Waals surface area contributed by atoms with Crippen molar-refractivity contribution in [1.29, 1.82) is 0 Å². The number of carbonyl (C=O) groups is 2. The van der Waals surface area contributed by atoms with Crippen molar-refractivity contribution >= 4 is 23.4 Å². The first kappa shape index (κ1) is 24.9. The minimum atomic E-state index is -0.756. The van der Waals surface area contributed by atoms with Crippen LogP contribution in [0.4, 0.5) is 4.39 Å². The molecule has 182 valence electrons. The summed E-state index contributed by atoms with van der Waals surface area (Å²) in [7, 11) is 0. The van der Waals surface area contributed by atoms with Crippen LogP contribution in [0.25, 0.3) is 0 Å². The zero-order chi connectivity index (χ0) is 24.6. The summed E-state index contributed by atoms with van der Waals surface area (Å²) in [5, 5.41) is 3.69. The van der Waals surface area contributed by atoms with Gasteiger partial charge in [0.1, 0.15) is 11.9 Å². The Labute approximate surface area is 211 Å². The molecule has 0 saturated heterocycles. The maximum Gasteiger partial charge on any atom is 0.243 e. The predicted octanol–water partition coefficient (Wildman–Crippen LogP) is 5.72. The average molecular weight is 493 g/mol. The second-order valence-corrected chi connectivity index (χ2v) is 9.48. The first-order chi connectivity index (χ1) is 17.0. The number of rotatable bonds is 9. The molecule has 1 aliphatic rings. The highest BCUT2D eigenvalue weighted by molar-refractivity contribution is 6.31. The third-order valence-corrected chi connectivity index (χ3v) is 6.94. The summed E-state index contributed by atoms with van der Waals surface area (Å²) in [6.07, 6.45) is 4.27. The van der Waals surface area contributed by atoms with Crippen LogP contribution < -0.4 is 5.32 Å². The quantitative estimate of drug-likeness (QED) is 0.415. The molecule has 1 saturated carbocycles. The van der Waals surface area contributed by atoms with Gasteiger partial charge in [0.15, 0.2) is 0 Å². The van der Waals surface area contributed by atoms with Crippen molar-refractivity contribution in [2.75, 3.05) is 0 Å². The Kier molecular flexibility index (Phi) is 8.54. The Morgan fingerprint density at radius 2 is 1.54 bits per heavy atom. The smallest absolute Gasteiger partial charge is 0.243 e. The van der Waals surface area contributed by atoms with E-state index in [0.717, 1.165) is 36.8 Å². The molecule has 1 N–H and O–H groups in total. The molecule has 0 radical (unpaired) electrons. The SMILES string of the molecule is O=C(NC1CCCC1)C(Cc1ccccc1)N(Cc1ccccc1Cl)C(=O)Cc1ccccc1F. The van der Waals surface area contributed by atoms with Crippen LogP contribution in [0.5, 0.6) is 0 Å². The normalized spacial score (nSPS) is 14.5. The van der Waals surface area contributed by atoms with E-state index in [1.807, 2.05) is 48.5 Å². The van der Waals surface area contributed by atoms with Gasteiger partial charge in [0, 0.05) is 24.0 Å². The lowest BCUT2D eigenvalue weighted by molar-refractivity contribution is -0.141. The molecule has 3 aromatic rings. The van der Waals surface area contributed by atoms with Gasteiger partial charge in [-0.1, -0.05) is 91.2 Å². The zero-order valence-corrected chi connectivity index (χ0v) is 20.4. The number of halogens is 2. The summed E-state index contributed by atoms with van der Waals surface area (Å²) in [5.41, 5.74) is 1.99. The van der Waals surface area contributed by atoms with Crippen molar-refractivity contribution in [2.24, 2.45) is 0 Å². The van der Waals surface area contributed by atoms with Gasteiger partial charge in [0.25, 0.3) is 0 Å². The summed E-state index contributed by atoms with van der Waals surface area (Å²) >= 11 is 6.44. The van der Waals surface area contributed by atoms with E-state index in [1.54, 1.807) is 29.2 Å². The number of nitrogens with one attached hydrogen (secondary N) is 1. The van der Waals surface area contributed by atoms with E-state index < -0.39 is 11.9 Å². The number of carbonyl (C=O) groups excluding carboxylic acids is 2. The molecule has 4 nitrogen and oxygen atoms in total. The van der Waals surface area contributed by atoms with Crippen molar-refractivity contribution in [1.82, 2.24) is 10.2 Å². The summed E-state index contributed by atoms with van der Waals surface area (Å²) in [5.74, 6) is -0.944. The number of nitrogens with zero attached hydrogens (tertiary/aromatic N) is 1. The lowest BCUT2D eigenvalue weighted by atomic mass is 10.0. The van der Waals surface area contributed by atoms with Crippen LogP contribution in [-0.2, 0) is 29.0 Å². The highest BCUT2D eigenvalue weighted by atomic mass is 35.5. The molecule has 0 aromatic heterocycles. The Morgan fingerprint density at radius 1 is 0.914 bits per heavy atom. The molecule has 1 aliphatic carbocycles. The van der Waals surface area contributed by atoms with Crippen molar-refractivity contribution < 1.29 is 14.0 Å². The third kappa shape index (κ3) is 6.70. The van der Waals surface area contributed by atoms with Crippen LogP contribution in [0.3, 0.4) is 0 Å². The van der Waals surface area contributed by atoms with Gasteiger partial charge in [-0.3, -0.25) is 9.59 Å². The summed E-state index contributed by atoms with van der Waals surface area (Å²) < 4.78 is 14.4. The zero-order valence-electron chi connectivity index (χ0n) is 19.6. The van der Waals surface area contributed by atoms with Gasteiger partial charge in [-0.25, -0.2) is 4.39 Å². The Hall–Kier alpha value is -3.18. The average Bonchev–Trinajstić information content (AvgIpc) is 3.37. The van der Waals surface area contributed by atoms with Crippen LogP contribution >= 0.6 is 11.6 Å². The van der Waals surface area contributed by atoms with E-state index in [2.05, 4.69) is 5.32 Å². The molecule has 0 aliphatic heterocycles. The fourth-order valence-electron chi connectivity index (χ4n) is 4.64. The molecule has 1 unspecified atom stereocenters. The maximum absolute atomic E-state index is 14.4. The molecular formula is C29H30ClFN2O2. The van der Waals surface area contributed by atoms with E-state index in [0.29, 0.717) is 17.0 Å². The Morgan fingerprint density at radius 3 is 2.23 bits per heavy atom. The number of benzene rings is 3. The lowest BCUT2D eigenvalue weighted by Crippen LogP contribution is -2.52. The molecule has 0 heterocycles. The second-order valence-electron chi connectivity index (χ2n) is 9.08. The van der Waals surface area contributed by atoms with E-state index in [9.17, 15) is 14.0 Å². The summed E-state index contributed by atoms with van der Waals surface area (Å²) in [6, 6.07) is 22.5. The number of amides is 2. The first-order valence-electron chi connectivity index (χ1n) is 12.1. The minimum absolute atomic E-state index is 0.115. The van der Waals surface area contributed by atoms with Gasteiger partial charge in [0.2, 0.25) is 11.8 Å². The summed E-state index contributed by atoms with van der Waals surface area (Å²) in [4.78, 5) is 28.9. The minimum Gasteiger partial charge on any atom is -0.352 e. The van der Waals surface area contributed by atoms with Crippen molar-refractivity contribution in [3.63, 3.8) is 0 Å². The molecular weight excluding hydrogens is 463 g/mol. The van der Waals surface area contributed by atoms with Crippen molar-refractivity contribution in [2.45, 2.75) is 57.2 Å². The number of hydrogen-bond donors (Lipinski definition) is 1. The van der Waals surface area contributed by atoms with Gasteiger partial charge in [0.05, 0.1) is 6.42 Å². The topological polar surface area (TPSA) is 49.4 Å². The fourth-order valence-corrected chi connectivity index (χ4v) is 4.83. The molecule has 0 bridgehead atoms. The van der Waals surface area contributed by atoms with Gasteiger partial charge < -0.3 is 10.2 Å². The van der Waals surface area contributed by atoms with Crippen LogP contribution in [0, 0.1) is 5.82 Å².